The van der Waals surface area contributed by atoms with E-state index in [0.29, 0.717) is 12.0 Å². The van der Waals surface area contributed by atoms with Crippen molar-refractivity contribution in [3.05, 3.63) is 36.7 Å². The van der Waals surface area contributed by atoms with Crippen molar-refractivity contribution in [1.82, 2.24) is 19.9 Å². The molecule has 0 bridgehead atoms. The largest absolute Gasteiger partial charge is 0.353 e. The van der Waals surface area contributed by atoms with Crippen molar-refractivity contribution in [3.63, 3.8) is 0 Å². The summed E-state index contributed by atoms with van der Waals surface area (Å²) in [4.78, 5) is 22.0. The van der Waals surface area contributed by atoms with Gasteiger partial charge in [-0.05, 0) is 18.9 Å². The molecule has 6 nitrogen and oxygen atoms in total. The number of hydrogen-bond acceptors (Lipinski definition) is 6. The summed E-state index contributed by atoms with van der Waals surface area (Å²) in [6.07, 6.45) is 9.59. The van der Waals surface area contributed by atoms with Crippen molar-refractivity contribution in [1.29, 1.82) is 0 Å². The van der Waals surface area contributed by atoms with Gasteiger partial charge >= 0.3 is 0 Å². The first-order valence-electron chi connectivity index (χ1n) is 7.38. The number of anilines is 2. The van der Waals surface area contributed by atoms with Gasteiger partial charge in [0.1, 0.15) is 17.5 Å². The smallest absolute Gasteiger partial charge is 0.147 e. The molecule has 21 heavy (non-hydrogen) atoms. The Hall–Kier alpha value is -2.24. The number of hydrogen-bond donors (Lipinski definition) is 0. The van der Waals surface area contributed by atoms with Crippen LogP contribution in [0.1, 0.15) is 24.6 Å². The lowest BCUT2D eigenvalue weighted by molar-refractivity contribution is 0.488. The zero-order chi connectivity index (χ0) is 14.2. The minimum Gasteiger partial charge on any atom is -0.353 e. The van der Waals surface area contributed by atoms with Crippen LogP contribution in [0.15, 0.2) is 30.9 Å². The third-order valence-electron chi connectivity index (χ3n) is 4.25. The van der Waals surface area contributed by atoms with Crippen molar-refractivity contribution >= 4 is 11.6 Å². The molecule has 0 unspecified atom stereocenters. The Bertz CT molecular complexity index is 621. The molecule has 2 aliphatic rings. The molecule has 1 saturated heterocycles. The van der Waals surface area contributed by atoms with Gasteiger partial charge in [0, 0.05) is 44.6 Å². The zero-order valence-corrected chi connectivity index (χ0v) is 12.1. The molecule has 4 rings (SSSR count). The average molecular weight is 282 g/mol. The molecule has 0 radical (unpaired) electrons. The van der Waals surface area contributed by atoms with E-state index in [2.05, 4.69) is 31.8 Å². The molecule has 2 fully saturated rings. The van der Waals surface area contributed by atoms with Crippen LogP contribution >= 0.6 is 0 Å². The zero-order valence-electron chi connectivity index (χ0n) is 12.1. The standard InChI is InChI=1S/C15H18N6/c1-20(13-4-5-18-15(19-13)11-2-3-11)12-9-21(10-12)14-8-16-6-7-17-14/h4-8,11-12H,2-3,9-10H2,1H3. The molecule has 2 aromatic heterocycles. The van der Waals surface area contributed by atoms with Gasteiger partial charge in [-0.2, -0.15) is 0 Å². The van der Waals surface area contributed by atoms with Crippen LogP contribution in [0.4, 0.5) is 11.6 Å². The molecular formula is C15H18N6. The summed E-state index contributed by atoms with van der Waals surface area (Å²) >= 11 is 0. The van der Waals surface area contributed by atoms with Gasteiger partial charge in [-0.25, -0.2) is 15.0 Å². The van der Waals surface area contributed by atoms with Crippen LogP contribution in [-0.2, 0) is 0 Å². The summed E-state index contributed by atoms with van der Waals surface area (Å²) in [6.45, 7) is 1.91. The monoisotopic (exact) mass is 282 g/mol. The van der Waals surface area contributed by atoms with E-state index in [1.54, 1.807) is 12.4 Å². The van der Waals surface area contributed by atoms with Gasteiger partial charge in [0.25, 0.3) is 0 Å². The predicted octanol–water partition coefficient (Wildman–Crippen LogP) is 1.47. The second-order valence-electron chi connectivity index (χ2n) is 5.78. The molecule has 0 N–H and O–H groups in total. The normalized spacial score (nSPS) is 18.4. The van der Waals surface area contributed by atoms with Crippen LogP contribution in [0.3, 0.4) is 0 Å². The molecular weight excluding hydrogens is 264 g/mol. The highest BCUT2D eigenvalue weighted by molar-refractivity contribution is 5.46. The molecule has 1 saturated carbocycles. The second kappa shape index (κ2) is 4.95. The van der Waals surface area contributed by atoms with Gasteiger partial charge in [0.05, 0.1) is 12.2 Å². The highest BCUT2D eigenvalue weighted by Crippen LogP contribution is 2.38. The SMILES string of the molecule is CN(c1ccnc(C2CC2)n1)C1CN(c2cnccn2)C1. The first-order chi connectivity index (χ1) is 10.3. The fraction of sp³-hybridized carbons (Fsp3) is 0.467. The average Bonchev–Trinajstić information content (AvgIpc) is 3.31. The third-order valence-corrected chi connectivity index (χ3v) is 4.25. The summed E-state index contributed by atoms with van der Waals surface area (Å²) in [5, 5.41) is 0. The maximum absolute atomic E-state index is 4.70. The molecule has 2 aromatic rings. The lowest BCUT2D eigenvalue weighted by Crippen LogP contribution is -2.59. The summed E-state index contributed by atoms with van der Waals surface area (Å²) < 4.78 is 0. The number of rotatable bonds is 4. The highest BCUT2D eigenvalue weighted by atomic mass is 15.3. The van der Waals surface area contributed by atoms with Gasteiger partial charge in [0.15, 0.2) is 0 Å². The summed E-state index contributed by atoms with van der Waals surface area (Å²) in [5.41, 5.74) is 0. The maximum atomic E-state index is 4.70. The minimum absolute atomic E-state index is 0.467. The first-order valence-corrected chi connectivity index (χ1v) is 7.38. The Morgan fingerprint density at radius 2 is 2.00 bits per heavy atom. The van der Waals surface area contributed by atoms with E-state index in [9.17, 15) is 0 Å². The number of likely N-dealkylation sites (N-methyl/N-ethyl adjacent to an activating group) is 1. The lowest BCUT2D eigenvalue weighted by Gasteiger charge is -2.44. The Balaban J connectivity index is 1.42. The molecule has 1 aliphatic heterocycles. The highest BCUT2D eigenvalue weighted by Gasteiger charge is 2.32. The van der Waals surface area contributed by atoms with Gasteiger partial charge in [0.2, 0.25) is 0 Å². The summed E-state index contributed by atoms with van der Waals surface area (Å²) in [7, 11) is 2.11. The second-order valence-corrected chi connectivity index (χ2v) is 5.78. The van der Waals surface area contributed by atoms with E-state index < -0.39 is 0 Å². The van der Waals surface area contributed by atoms with E-state index in [1.807, 2.05) is 18.5 Å². The fourth-order valence-corrected chi connectivity index (χ4v) is 2.63. The van der Waals surface area contributed by atoms with E-state index in [4.69, 9.17) is 4.98 Å². The van der Waals surface area contributed by atoms with Crippen molar-refractivity contribution in [2.24, 2.45) is 0 Å². The van der Waals surface area contributed by atoms with Crippen LogP contribution in [0.2, 0.25) is 0 Å². The molecule has 0 aromatic carbocycles. The Labute approximate surface area is 123 Å². The molecule has 1 aliphatic carbocycles. The number of aromatic nitrogens is 4. The molecule has 0 atom stereocenters. The van der Waals surface area contributed by atoms with Crippen molar-refractivity contribution < 1.29 is 0 Å². The molecule has 0 amide bonds. The van der Waals surface area contributed by atoms with Crippen LogP contribution in [0.25, 0.3) is 0 Å². The summed E-state index contributed by atoms with van der Waals surface area (Å²) in [5.74, 6) is 3.57. The third kappa shape index (κ3) is 2.41. The van der Waals surface area contributed by atoms with Crippen LogP contribution in [0, 0.1) is 0 Å². The Kier molecular flexibility index (Phi) is 2.94. The van der Waals surface area contributed by atoms with Crippen LogP contribution in [-0.4, -0.2) is 46.1 Å². The van der Waals surface area contributed by atoms with Gasteiger partial charge in [-0.1, -0.05) is 0 Å². The van der Waals surface area contributed by atoms with Crippen molar-refractivity contribution in [3.8, 4) is 0 Å². The fourth-order valence-electron chi connectivity index (χ4n) is 2.63. The maximum Gasteiger partial charge on any atom is 0.147 e. The van der Waals surface area contributed by atoms with Crippen molar-refractivity contribution in [2.45, 2.75) is 24.8 Å². The van der Waals surface area contributed by atoms with Crippen molar-refractivity contribution in [2.75, 3.05) is 29.9 Å². The Morgan fingerprint density at radius 1 is 1.14 bits per heavy atom. The predicted molar refractivity (Wildman–Crippen MR) is 80.4 cm³/mol. The van der Waals surface area contributed by atoms with E-state index >= 15 is 0 Å². The first kappa shape index (κ1) is 12.5. The molecule has 3 heterocycles. The van der Waals surface area contributed by atoms with E-state index in [0.717, 1.165) is 30.5 Å². The molecule has 6 heteroatoms. The van der Waals surface area contributed by atoms with Gasteiger partial charge < -0.3 is 9.80 Å². The van der Waals surface area contributed by atoms with E-state index in [-0.39, 0.29) is 0 Å². The van der Waals surface area contributed by atoms with Crippen LogP contribution < -0.4 is 9.80 Å². The number of nitrogens with zero attached hydrogens (tertiary/aromatic N) is 6. The molecule has 108 valence electrons. The summed E-state index contributed by atoms with van der Waals surface area (Å²) in [6, 6.07) is 2.46. The molecule has 0 spiro atoms. The van der Waals surface area contributed by atoms with Gasteiger partial charge in [-0.15, -0.1) is 0 Å². The minimum atomic E-state index is 0.467. The van der Waals surface area contributed by atoms with E-state index in [1.165, 1.54) is 12.8 Å². The lowest BCUT2D eigenvalue weighted by atomic mass is 10.1. The van der Waals surface area contributed by atoms with Gasteiger partial charge in [-0.3, -0.25) is 4.98 Å². The Morgan fingerprint density at radius 3 is 2.71 bits per heavy atom. The quantitative estimate of drug-likeness (QED) is 0.846. The topological polar surface area (TPSA) is 58.0 Å². The van der Waals surface area contributed by atoms with Crippen LogP contribution in [0.5, 0.6) is 0 Å².